The molecule has 0 aromatic rings. The number of hydrogen-bond acceptors (Lipinski definition) is 2. The normalized spacial score (nSPS) is 13.2. The predicted molar refractivity (Wildman–Crippen MR) is 71.4 cm³/mol. The van der Waals surface area contributed by atoms with E-state index in [4.69, 9.17) is 4.74 Å². The van der Waals surface area contributed by atoms with Crippen LogP contribution >= 0.6 is 0 Å². The second kappa shape index (κ2) is 5.86. The Morgan fingerprint density at radius 1 is 1.25 bits per heavy atom. The standard InChI is InChI=1S/C13H27BO2/c1-10(2)7-8-13(5,6)16-9-12(3,4)11(14)15/h10H,7-9,14H2,1-6H3. The Labute approximate surface area is 102 Å². The zero-order chi connectivity index (χ0) is 13.0. The van der Waals surface area contributed by atoms with Crippen LogP contribution in [0.1, 0.15) is 54.4 Å². The summed E-state index contributed by atoms with van der Waals surface area (Å²) in [7, 11) is 1.63. The number of ether oxygens (including phenoxy) is 1. The quantitative estimate of drug-likeness (QED) is 0.623. The molecule has 0 aliphatic carbocycles. The molecular formula is C13H27BO2. The van der Waals surface area contributed by atoms with Gasteiger partial charge in [0.2, 0.25) is 0 Å². The van der Waals surface area contributed by atoms with Crippen LogP contribution in [0.5, 0.6) is 0 Å². The summed E-state index contributed by atoms with van der Waals surface area (Å²) in [4.78, 5) is 11.4. The van der Waals surface area contributed by atoms with Crippen molar-refractivity contribution in [2.24, 2.45) is 11.3 Å². The molecule has 16 heavy (non-hydrogen) atoms. The summed E-state index contributed by atoms with van der Waals surface area (Å²) in [6.07, 6.45) is 2.20. The van der Waals surface area contributed by atoms with Gasteiger partial charge in [0.25, 0.3) is 0 Å². The molecule has 0 spiro atoms. The molecule has 2 nitrogen and oxygen atoms in total. The Morgan fingerprint density at radius 2 is 1.75 bits per heavy atom. The highest BCUT2D eigenvalue weighted by molar-refractivity contribution is 6.58. The maximum absolute atomic E-state index is 11.4. The van der Waals surface area contributed by atoms with Crippen LogP contribution in [0.2, 0.25) is 0 Å². The summed E-state index contributed by atoms with van der Waals surface area (Å²) in [5, 5.41) is 0. The van der Waals surface area contributed by atoms with E-state index < -0.39 is 0 Å². The van der Waals surface area contributed by atoms with E-state index in [0.717, 1.165) is 12.8 Å². The van der Waals surface area contributed by atoms with Gasteiger partial charge in [0, 0.05) is 5.41 Å². The number of rotatable bonds is 7. The highest BCUT2D eigenvalue weighted by Crippen LogP contribution is 2.24. The molecule has 0 saturated carbocycles. The first-order chi connectivity index (χ1) is 7.07. The van der Waals surface area contributed by atoms with E-state index in [1.165, 1.54) is 0 Å². The van der Waals surface area contributed by atoms with Crippen molar-refractivity contribution < 1.29 is 9.53 Å². The average Bonchev–Trinajstić information content (AvgIpc) is 2.12. The lowest BCUT2D eigenvalue weighted by atomic mass is 9.78. The van der Waals surface area contributed by atoms with Gasteiger partial charge in [0.1, 0.15) is 0 Å². The van der Waals surface area contributed by atoms with Crippen molar-refractivity contribution in [2.45, 2.75) is 60.0 Å². The second-order valence-corrected chi connectivity index (χ2v) is 6.42. The van der Waals surface area contributed by atoms with Crippen LogP contribution in [0, 0.1) is 11.3 Å². The molecule has 0 atom stereocenters. The van der Waals surface area contributed by atoms with Crippen molar-refractivity contribution in [3.63, 3.8) is 0 Å². The Kier molecular flexibility index (Phi) is 5.74. The third-order valence-electron chi connectivity index (χ3n) is 3.10. The smallest absolute Gasteiger partial charge is 0.187 e. The van der Waals surface area contributed by atoms with Crippen molar-refractivity contribution >= 4 is 13.5 Å². The minimum atomic E-state index is -0.366. The van der Waals surface area contributed by atoms with Crippen LogP contribution in [-0.4, -0.2) is 25.7 Å². The third kappa shape index (κ3) is 6.31. The fourth-order valence-corrected chi connectivity index (χ4v) is 1.19. The van der Waals surface area contributed by atoms with E-state index >= 15 is 0 Å². The van der Waals surface area contributed by atoms with Gasteiger partial charge >= 0.3 is 0 Å². The molecule has 0 saturated heterocycles. The van der Waals surface area contributed by atoms with Crippen LogP contribution in [0.4, 0.5) is 0 Å². The minimum absolute atomic E-state index is 0.128. The zero-order valence-corrected chi connectivity index (χ0v) is 12.0. The molecule has 0 heterocycles. The first-order valence-electron chi connectivity index (χ1n) is 6.22. The Bertz CT molecular complexity index is 232. The van der Waals surface area contributed by atoms with Gasteiger partial charge in [-0.15, -0.1) is 0 Å². The molecule has 0 aromatic carbocycles. The molecular weight excluding hydrogens is 199 g/mol. The molecule has 94 valence electrons. The van der Waals surface area contributed by atoms with E-state index in [1.54, 1.807) is 7.85 Å². The van der Waals surface area contributed by atoms with Gasteiger partial charge < -0.3 is 9.53 Å². The second-order valence-electron chi connectivity index (χ2n) is 6.42. The van der Waals surface area contributed by atoms with E-state index in [2.05, 4.69) is 27.7 Å². The highest BCUT2D eigenvalue weighted by atomic mass is 16.5. The summed E-state index contributed by atoms with van der Waals surface area (Å²) in [6, 6.07) is 0. The Morgan fingerprint density at radius 3 is 2.12 bits per heavy atom. The molecule has 0 aliphatic heterocycles. The maximum atomic E-state index is 11.4. The fourth-order valence-electron chi connectivity index (χ4n) is 1.19. The van der Waals surface area contributed by atoms with Crippen LogP contribution in [0.3, 0.4) is 0 Å². The van der Waals surface area contributed by atoms with Gasteiger partial charge in [0.05, 0.1) is 17.9 Å². The summed E-state index contributed by atoms with van der Waals surface area (Å²) in [6.45, 7) is 13.0. The molecule has 0 rings (SSSR count). The topological polar surface area (TPSA) is 26.3 Å². The molecule has 0 bridgehead atoms. The summed E-state index contributed by atoms with van der Waals surface area (Å²) >= 11 is 0. The maximum Gasteiger partial charge on any atom is 0.187 e. The van der Waals surface area contributed by atoms with Gasteiger partial charge in [-0.25, -0.2) is 0 Å². The van der Waals surface area contributed by atoms with Crippen molar-refractivity contribution in [2.75, 3.05) is 6.61 Å². The average molecular weight is 226 g/mol. The molecule has 0 radical (unpaired) electrons. The molecule has 3 heteroatoms. The first kappa shape index (κ1) is 15.7. The molecule has 0 N–H and O–H groups in total. The van der Waals surface area contributed by atoms with Crippen LogP contribution < -0.4 is 0 Å². The van der Waals surface area contributed by atoms with E-state index in [9.17, 15) is 4.79 Å². The highest BCUT2D eigenvalue weighted by Gasteiger charge is 2.27. The van der Waals surface area contributed by atoms with Gasteiger partial charge in [-0.2, -0.15) is 0 Å². The largest absolute Gasteiger partial charge is 0.375 e. The predicted octanol–water partition coefficient (Wildman–Crippen LogP) is 2.40. The van der Waals surface area contributed by atoms with Crippen LogP contribution in [0.15, 0.2) is 0 Å². The zero-order valence-electron chi connectivity index (χ0n) is 12.0. The number of carbonyl (C=O) groups excluding carboxylic acids is 1. The van der Waals surface area contributed by atoms with E-state index in [0.29, 0.717) is 12.5 Å². The summed E-state index contributed by atoms with van der Waals surface area (Å²) in [5.74, 6) is 0.698. The van der Waals surface area contributed by atoms with Crippen molar-refractivity contribution in [3.05, 3.63) is 0 Å². The van der Waals surface area contributed by atoms with Gasteiger partial charge in [-0.05, 0) is 32.6 Å². The Balaban J connectivity index is 4.12. The van der Waals surface area contributed by atoms with Gasteiger partial charge in [-0.1, -0.05) is 27.7 Å². The van der Waals surface area contributed by atoms with Gasteiger partial charge in [-0.3, -0.25) is 0 Å². The van der Waals surface area contributed by atoms with Crippen molar-refractivity contribution in [1.82, 2.24) is 0 Å². The van der Waals surface area contributed by atoms with E-state index in [1.807, 2.05) is 13.8 Å². The van der Waals surface area contributed by atoms with E-state index in [-0.39, 0.29) is 16.7 Å². The van der Waals surface area contributed by atoms with Gasteiger partial charge in [0.15, 0.2) is 7.85 Å². The van der Waals surface area contributed by atoms with Crippen LogP contribution in [0.25, 0.3) is 0 Å². The van der Waals surface area contributed by atoms with Crippen LogP contribution in [-0.2, 0) is 9.53 Å². The van der Waals surface area contributed by atoms with Crippen molar-refractivity contribution in [1.29, 1.82) is 0 Å². The summed E-state index contributed by atoms with van der Waals surface area (Å²) < 4.78 is 5.89. The fraction of sp³-hybridized carbons (Fsp3) is 0.923. The minimum Gasteiger partial charge on any atom is -0.375 e. The molecule has 0 amide bonds. The molecule has 0 fully saturated rings. The number of hydrogen-bond donors (Lipinski definition) is 0. The molecule has 0 unspecified atom stereocenters. The third-order valence-corrected chi connectivity index (χ3v) is 3.10. The van der Waals surface area contributed by atoms with Crippen molar-refractivity contribution in [3.8, 4) is 0 Å². The lowest BCUT2D eigenvalue weighted by Crippen LogP contribution is -2.35. The lowest BCUT2D eigenvalue weighted by Gasteiger charge is -2.31. The SMILES string of the molecule is BC(=O)C(C)(C)COC(C)(C)CCC(C)C. The molecule has 0 aliphatic rings. The lowest BCUT2D eigenvalue weighted by molar-refractivity contribution is -0.127. The molecule has 0 aromatic heterocycles. The Hall–Kier alpha value is -0.305. The summed E-state index contributed by atoms with van der Waals surface area (Å²) in [5.41, 5.74) is -0.307. The first-order valence-corrected chi connectivity index (χ1v) is 6.22. The monoisotopic (exact) mass is 226 g/mol. The number of carbonyl (C=O) groups is 1.